The third-order valence-electron chi connectivity index (χ3n) is 3.96. The lowest BCUT2D eigenvalue weighted by atomic mass is 9.88. The smallest absolute Gasteiger partial charge is 0.00463 e. The molecule has 1 aromatic rings. The van der Waals surface area contributed by atoms with Gasteiger partial charge in [-0.2, -0.15) is 0 Å². The third kappa shape index (κ3) is 3.57. The minimum Gasteiger partial charge on any atom is -0.317 e. The highest BCUT2D eigenvalue weighted by molar-refractivity contribution is 5.29. The van der Waals surface area contributed by atoms with Crippen LogP contribution in [0.3, 0.4) is 0 Å². The van der Waals surface area contributed by atoms with Crippen LogP contribution in [0.2, 0.25) is 0 Å². The van der Waals surface area contributed by atoms with Crippen molar-refractivity contribution in [3.8, 4) is 0 Å². The Balaban J connectivity index is 1.93. The van der Waals surface area contributed by atoms with Gasteiger partial charge in [-0.05, 0) is 61.7 Å². The zero-order chi connectivity index (χ0) is 12.1. The molecule has 1 N–H and O–H groups in total. The molecule has 0 amide bonds. The van der Waals surface area contributed by atoms with Crippen molar-refractivity contribution < 1.29 is 0 Å². The van der Waals surface area contributed by atoms with Crippen LogP contribution in [0.4, 0.5) is 0 Å². The van der Waals surface area contributed by atoms with Gasteiger partial charge < -0.3 is 5.32 Å². The Kier molecular flexibility index (Phi) is 4.61. The second-order valence-electron chi connectivity index (χ2n) is 5.59. The maximum absolute atomic E-state index is 3.44. The lowest BCUT2D eigenvalue weighted by molar-refractivity contribution is 0.354. The summed E-state index contributed by atoms with van der Waals surface area (Å²) >= 11 is 0. The van der Waals surface area contributed by atoms with E-state index in [-0.39, 0.29) is 0 Å². The van der Waals surface area contributed by atoms with E-state index < -0.39 is 0 Å². The number of hydrogen-bond acceptors (Lipinski definition) is 1. The summed E-state index contributed by atoms with van der Waals surface area (Å²) in [5.74, 6) is 1.59. The maximum Gasteiger partial charge on any atom is -0.00463 e. The molecule has 1 aromatic carbocycles. The average Bonchev–Trinajstić information content (AvgIpc) is 2.38. The first-order chi connectivity index (χ1) is 8.27. The van der Waals surface area contributed by atoms with Gasteiger partial charge in [-0.1, -0.05) is 38.1 Å². The van der Waals surface area contributed by atoms with E-state index in [1.165, 1.54) is 38.8 Å². The van der Waals surface area contributed by atoms with Crippen LogP contribution in [0, 0.1) is 5.92 Å². The molecule has 0 spiro atoms. The largest absolute Gasteiger partial charge is 0.317 e. The Morgan fingerprint density at radius 1 is 1.18 bits per heavy atom. The Labute approximate surface area is 106 Å². The topological polar surface area (TPSA) is 12.0 Å². The van der Waals surface area contributed by atoms with Crippen molar-refractivity contribution in [1.29, 1.82) is 0 Å². The Morgan fingerprint density at radius 2 is 1.88 bits per heavy atom. The van der Waals surface area contributed by atoms with Crippen LogP contribution in [0.25, 0.3) is 0 Å². The van der Waals surface area contributed by atoms with E-state index in [9.17, 15) is 0 Å². The molecule has 0 unspecified atom stereocenters. The van der Waals surface area contributed by atoms with E-state index in [1.54, 1.807) is 11.1 Å². The van der Waals surface area contributed by atoms with E-state index >= 15 is 0 Å². The molecule has 1 heteroatoms. The molecule has 1 aliphatic rings. The van der Waals surface area contributed by atoms with E-state index in [2.05, 4.69) is 43.4 Å². The van der Waals surface area contributed by atoms with Gasteiger partial charge in [-0.15, -0.1) is 0 Å². The number of piperidine rings is 1. The van der Waals surface area contributed by atoms with Gasteiger partial charge in [0.1, 0.15) is 0 Å². The first-order valence-electron chi connectivity index (χ1n) is 7.06. The molecular formula is C16H25N. The van der Waals surface area contributed by atoms with Crippen molar-refractivity contribution in [1.82, 2.24) is 5.32 Å². The van der Waals surface area contributed by atoms with Gasteiger partial charge in [0.15, 0.2) is 0 Å². The zero-order valence-corrected chi connectivity index (χ0v) is 11.2. The summed E-state index contributed by atoms with van der Waals surface area (Å²) in [5, 5.41) is 3.44. The van der Waals surface area contributed by atoms with Crippen LogP contribution >= 0.6 is 0 Å². The number of aryl methyl sites for hydroxylation is 1. The number of rotatable bonds is 4. The minimum absolute atomic E-state index is 0.652. The van der Waals surface area contributed by atoms with E-state index in [4.69, 9.17) is 0 Å². The zero-order valence-electron chi connectivity index (χ0n) is 11.2. The molecule has 0 saturated carbocycles. The first kappa shape index (κ1) is 12.6. The molecular weight excluding hydrogens is 206 g/mol. The predicted molar refractivity (Wildman–Crippen MR) is 74.4 cm³/mol. The highest BCUT2D eigenvalue weighted by atomic mass is 14.9. The fraction of sp³-hybridized carbons (Fsp3) is 0.625. The predicted octanol–water partition coefficient (Wildman–Crippen LogP) is 3.74. The standard InChI is InChI=1S/C16H25N/c1-13(2)16-6-4-3-5-15(16)8-7-14-9-11-17-12-10-14/h3-6,13-14,17H,7-12H2,1-2H3. The fourth-order valence-corrected chi connectivity index (χ4v) is 2.86. The van der Waals surface area contributed by atoms with Crippen LogP contribution in [-0.2, 0) is 6.42 Å². The van der Waals surface area contributed by atoms with Gasteiger partial charge in [0, 0.05) is 0 Å². The van der Waals surface area contributed by atoms with Crippen LogP contribution in [0.5, 0.6) is 0 Å². The van der Waals surface area contributed by atoms with Gasteiger partial charge in [0.05, 0.1) is 0 Å². The van der Waals surface area contributed by atoms with Crippen LogP contribution in [-0.4, -0.2) is 13.1 Å². The molecule has 1 saturated heterocycles. The molecule has 17 heavy (non-hydrogen) atoms. The van der Waals surface area contributed by atoms with Gasteiger partial charge >= 0.3 is 0 Å². The highest BCUT2D eigenvalue weighted by Gasteiger charge is 2.14. The quantitative estimate of drug-likeness (QED) is 0.832. The Hall–Kier alpha value is -0.820. The Morgan fingerprint density at radius 3 is 2.59 bits per heavy atom. The molecule has 0 atom stereocenters. The SMILES string of the molecule is CC(C)c1ccccc1CCC1CCNCC1. The number of benzene rings is 1. The van der Waals surface area contributed by atoms with Crippen LogP contribution in [0.15, 0.2) is 24.3 Å². The monoisotopic (exact) mass is 231 g/mol. The lowest BCUT2D eigenvalue weighted by Crippen LogP contribution is -2.27. The molecule has 1 fully saturated rings. The van der Waals surface area contributed by atoms with E-state index in [0.29, 0.717) is 5.92 Å². The van der Waals surface area contributed by atoms with Gasteiger partial charge in [0.25, 0.3) is 0 Å². The molecule has 0 aliphatic carbocycles. The van der Waals surface area contributed by atoms with Crippen molar-refractivity contribution in [3.05, 3.63) is 35.4 Å². The normalized spacial score (nSPS) is 17.6. The second-order valence-corrected chi connectivity index (χ2v) is 5.59. The molecule has 0 radical (unpaired) electrons. The molecule has 1 nitrogen and oxygen atoms in total. The summed E-state index contributed by atoms with van der Waals surface area (Å²) in [4.78, 5) is 0. The van der Waals surface area contributed by atoms with Crippen LogP contribution in [0.1, 0.15) is 50.2 Å². The number of hydrogen-bond donors (Lipinski definition) is 1. The minimum atomic E-state index is 0.652. The fourth-order valence-electron chi connectivity index (χ4n) is 2.86. The molecule has 0 aromatic heterocycles. The first-order valence-corrected chi connectivity index (χ1v) is 7.06. The van der Waals surface area contributed by atoms with Crippen LogP contribution < -0.4 is 5.32 Å². The summed E-state index contributed by atoms with van der Waals surface area (Å²) in [5.41, 5.74) is 3.11. The molecule has 94 valence electrons. The maximum atomic E-state index is 3.44. The average molecular weight is 231 g/mol. The summed E-state index contributed by atoms with van der Waals surface area (Å²) < 4.78 is 0. The summed E-state index contributed by atoms with van der Waals surface area (Å²) in [6.07, 6.45) is 5.36. The second kappa shape index (κ2) is 6.20. The molecule has 2 rings (SSSR count). The van der Waals surface area contributed by atoms with Crippen molar-refractivity contribution in [3.63, 3.8) is 0 Å². The van der Waals surface area contributed by atoms with E-state index in [1.807, 2.05) is 0 Å². The van der Waals surface area contributed by atoms with Crippen molar-refractivity contribution in [2.75, 3.05) is 13.1 Å². The van der Waals surface area contributed by atoms with Crippen molar-refractivity contribution in [2.45, 2.75) is 45.4 Å². The Bertz CT molecular complexity index is 337. The van der Waals surface area contributed by atoms with Gasteiger partial charge in [-0.25, -0.2) is 0 Å². The lowest BCUT2D eigenvalue weighted by Gasteiger charge is -2.23. The molecule has 0 bridgehead atoms. The number of nitrogens with one attached hydrogen (secondary N) is 1. The van der Waals surface area contributed by atoms with Crippen molar-refractivity contribution >= 4 is 0 Å². The molecule has 1 aliphatic heterocycles. The van der Waals surface area contributed by atoms with Crippen molar-refractivity contribution in [2.24, 2.45) is 5.92 Å². The summed E-state index contributed by atoms with van der Waals surface area (Å²) in [6, 6.07) is 8.96. The summed E-state index contributed by atoms with van der Waals surface area (Å²) in [6.45, 7) is 7.03. The van der Waals surface area contributed by atoms with E-state index in [0.717, 1.165) is 5.92 Å². The van der Waals surface area contributed by atoms with Gasteiger partial charge in [-0.3, -0.25) is 0 Å². The third-order valence-corrected chi connectivity index (χ3v) is 3.96. The molecule has 1 heterocycles. The summed E-state index contributed by atoms with van der Waals surface area (Å²) in [7, 11) is 0. The van der Waals surface area contributed by atoms with Gasteiger partial charge in [0.2, 0.25) is 0 Å². The highest BCUT2D eigenvalue weighted by Crippen LogP contribution is 2.24.